The molecule has 33 heavy (non-hydrogen) atoms. The molecule has 0 atom stereocenters. The number of halogens is 1. The molecule has 1 aliphatic heterocycles. The highest BCUT2D eigenvalue weighted by molar-refractivity contribution is 5.95. The first kappa shape index (κ1) is 23.2. The van der Waals surface area contributed by atoms with Gasteiger partial charge in [-0.15, -0.1) is 0 Å². The minimum absolute atomic E-state index is 0.284. The van der Waals surface area contributed by atoms with Crippen molar-refractivity contribution in [1.82, 2.24) is 19.2 Å². The third kappa shape index (κ3) is 5.50. The Morgan fingerprint density at radius 3 is 2.52 bits per heavy atom. The first-order chi connectivity index (χ1) is 16.1. The average Bonchev–Trinajstić information content (AvgIpc) is 2.85. The van der Waals surface area contributed by atoms with Crippen LogP contribution in [0.3, 0.4) is 0 Å². The average molecular weight is 453 g/mol. The molecule has 0 N–H and O–H groups in total. The summed E-state index contributed by atoms with van der Waals surface area (Å²) in [6.07, 6.45) is 4.33. The zero-order valence-electron chi connectivity index (χ0n) is 19.3. The van der Waals surface area contributed by atoms with E-state index in [2.05, 4.69) is 51.3 Å². The van der Waals surface area contributed by atoms with E-state index < -0.39 is 0 Å². The Morgan fingerprint density at radius 1 is 0.970 bits per heavy atom. The van der Waals surface area contributed by atoms with E-state index in [4.69, 9.17) is 0 Å². The number of fused-ring (bicyclic) bond motifs is 1. The van der Waals surface area contributed by atoms with Crippen molar-refractivity contribution in [2.75, 3.05) is 44.3 Å². The van der Waals surface area contributed by atoms with Crippen LogP contribution in [-0.4, -0.2) is 58.6 Å². The number of piperazine rings is 1. The van der Waals surface area contributed by atoms with Gasteiger partial charge in [-0.2, -0.15) is 5.10 Å². The van der Waals surface area contributed by atoms with Crippen molar-refractivity contribution in [3.63, 3.8) is 0 Å². The Labute approximate surface area is 193 Å². The van der Waals surface area contributed by atoms with Gasteiger partial charge in [0.25, 0.3) is 5.56 Å². The first-order valence-electron chi connectivity index (χ1n) is 11.7. The van der Waals surface area contributed by atoms with Crippen LogP contribution >= 0.6 is 0 Å². The lowest BCUT2D eigenvalue weighted by molar-refractivity contribution is 0.250. The summed E-state index contributed by atoms with van der Waals surface area (Å²) in [5.74, 6) is 0. The van der Waals surface area contributed by atoms with E-state index in [0.717, 1.165) is 56.6 Å². The maximum atomic E-state index is 12.7. The van der Waals surface area contributed by atoms with E-state index in [-0.39, 0.29) is 17.9 Å². The molecule has 8 heteroatoms. The zero-order chi connectivity index (χ0) is 23.2. The molecule has 0 spiro atoms. The second-order valence-electron chi connectivity index (χ2n) is 8.71. The summed E-state index contributed by atoms with van der Waals surface area (Å²) in [7, 11) is 1.47. The predicted octanol–water partition coefficient (Wildman–Crippen LogP) is 2.60. The molecule has 2 aromatic carbocycles. The van der Waals surface area contributed by atoms with Crippen LogP contribution in [0.4, 0.5) is 10.1 Å². The Balaban J connectivity index is 1.32. The van der Waals surface area contributed by atoms with Crippen LogP contribution in [0.15, 0.2) is 52.2 Å². The molecule has 2 heterocycles. The second-order valence-corrected chi connectivity index (χ2v) is 8.71. The fourth-order valence-electron chi connectivity index (χ4n) is 4.51. The SMILES string of the molecule is Cn1c(=O)cnn(CCCCN2CCN(c3cc(CCC[18F])cc4ccccc34)CC2)c1=O. The molecular formula is C25H32FN5O2. The van der Waals surface area contributed by atoms with Gasteiger partial charge in [0.2, 0.25) is 0 Å². The summed E-state index contributed by atoms with van der Waals surface area (Å²) < 4.78 is 15.2. The molecule has 1 aromatic heterocycles. The molecule has 0 amide bonds. The fraction of sp³-hybridized carbons (Fsp3) is 0.480. The van der Waals surface area contributed by atoms with E-state index in [0.29, 0.717) is 13.0 Å². The summed E-state index contributed by atoms with van der Waals surface area (Å²) in [5, 5.41) is 6.42. The molecule has 1 fully saturated rings. The topological polar surface area (TPSA) is 63.4 Å². The molecule has 1 aliphatic rings. The van der Waals surface area contributed by atoms with Gasteiger partial charge in [-0.05, 0) is 49.2 Å². The van der Waals surface area contributed by atoms with E-state index in [1.165, 1.54) is 39.9 Å². The van der Waals surface area contributed by atoms with Crippen molar-refractivity contribution in [2.45, 2.75) is 32.2 Å². The summed E-state index contributed by atoms with van der Waals surface area (Å²) >= 11 is 0. The number of unbranched alkanes of at least 4 members (excludes halogenated alkanes) is 1. The molecule has 0 saturated carbocycles. The number of aromatic nitrogens is 3. The summed E-state index contributed by atoms with van der Waals surface area (Å²) in [4.78, 5) is 28.4. The van der Waals surface area contributed by atoms with Crippen LogP contribution in [0, 0.1) is 0 Å². The molecular weight excluding hydrogens is 420 g/mol. The van der Waals surface area contributed by atoms with Gasteiger partial charge in [-0.25, -0.2) is 9.48 Å². The highest BCUT2D eigenvalue weighted by Crippen LogP contribution is 2.30. The van der Waals surface area contributed by atoms with E-state index >= 15 is 0 Å². The Bertz CT molecular complexity index is 1200. The lowest BCUT2D eigenvalue weighted by Gasteiger charge is -2.37. The maximum absolute atomic E-state index is 12.7. The normalized spacial score (nSPS) is 14.8. The number of hydrogen-bond donors (Lipinski definition) is 0. The predicted molar refractivity (Wildman–Crippen MR) is 130 cm³/mol. The third-order valence-electron chi connectivity index (χ3n) is 6.45. The highest BCUT2D eigenvalue weighted by atomic mass is 18.2. The second kappa shape index (κ2) is 10.7. The number of rotatable bonds is 9. The van der Waals surface area contributed by atoms with Crippen molar-refractivity contribution in [3.8, 4) is 0 Å². The van der Waals surface area contributed by atoms with Gasteiger partial charge < -0.3 is 4.90 Å². The minimum Gasteiger partial charge on any atom is -0.368 e. The zero-order valence-corrected chi connectivity index (χ0v) is 19.3. The third-order valence-corrected chi connectivity index (χ3v) is 6.45. The minimum atomic E-state index is -0.380. The van der Waals surface area contributed by atoms with Crippen LogP contribution in [0.1, 0.15) is 24.8 Å². The van der Waals surface area contributed by atoms with Crippen molar-refractivity contribution >= 4 is 16.5 Å². The Kier molecular flexibility index (Phi) is 7.54. The van der Waals surface area contributed by atoms with Gasteiger partial charge in [0.1, 0.15) is 6.20 Å². The molecule has 0 bridgehead atoms. The lowest BCUT2D eigenvalue weighted by atomic mass is 10.0. The number of benzene rings is 2. The smallest absolute Gasteiger partial charge is 0.347 e. The molecule has 0 radical (unpaired) electrons. The molecule has 0 unspecified atom stereocenters. The van der Waals surface area contributed by atoms with Crippen LogP contribution in [0.25, 0.3) is 10.8 Å². The van der Waals surface area contributed by atoms with Gasteiger partial charge in [0.15, 0.2) is 0 Å². The van der Waals surface area contributed by atoms with Crippen molar-refractivity contribution in [3.05, 3.63) is 69.0 Å². The summed E-state index contributed by atoms with van der Waals surface area (Å²) in [5.41, 5.74) is 1.71. The van der Waals surface area contributed by atoms with E-state index in [1.54, 1.807) is 0 Å². The van der Waals surface area contributed by atoms with Crippen LogP contribution in [-0.2, 0) is 20.0 Å². The summed E-state index contributed by atoms with van der Waals surface area (Å²) in [6, 6.07) is 12.9. The maximum Gasteiger partial charge on any atom is 0.347 e. The quantitative estimate of drug-likeness (QED) is 0.467. The number of alkyl halides is 1. The van der Waals surface area contributed by atoms with Crippen molar-refractivity contribution < 1.29 is 4.39 Å². The Morgan fingerprint density at radius 2 is 1.73 bits per heavy atom. The Hall–Kier alpha value is -3.00. The number of anilines is 1. The molecule has 0 aliphatic carbocycles. The monoisotopic (exact) mass is 452 g/mol. The standard InChI is InChI=1S/C25H32FN5O2/c1-28-24(32)19-27-31(25(28)33)12-5-4-11-29-13-15-30(16-14-29)23-18-20(7-6-10-26)17-21-8-2-3-9-22(21)23/h2-3,8-9,17-19H,4-7,10-16H2,1H3/i26-1. The van der Waals surface area contributed by atoms with E-state index in [1.807, 2.05) is 0 Å². The lowest BCUT2D eigenvalue weighted by Crippen LogP contribution is -2.46. The molecule has 4 rings (SSSR count). The fourth-order valence-corrected chi connectivity index (χ4v) is 4.51. The van der Waals surface area contributed by atoms with Crippen LogP contribution < -0.4 is 16.1 Å². The highest BCUT2D eigenvalue weighted by Gasteiger charge is 2.19. The van der Waals surface area contributed by atoms with Gasteiger partial charge in [-0.3, -0.25) is 18.7 Å². The molecule has 1 saturated heterocycles. The van der Waals surface area contributed by atoms with Crippen molar-refractivity contribution in [1.29, 1.82) is 0 Å². The number of aryl methyl sites for hydroxylation is 2. The van der Waals surface area contributed by atoms with Crippen LogP contribution in [0.2, 0.25) is 0 Å². The van der Waals surface area contributed by atoms with Gasteiger partial charge in [0, 0.05) is 50.8 Å². The first-order valence-corrected chi connectivity index (χ1v) is 11.7. The largest absolute Gasteiger partial charge is 0.368 e. The number of hydrogen-bond acceptors (Lipinski definition) is 5. The summed E-state index contributed by atoms with van der Waals surface area (Å²) in [6.45, 7) is 5.10. The van der Waals surface area contributed by atoms with E-state index in [9.17, 15) is 14.0 Å². The van der Waals surface area contributed by atoms with Gasteiger partial charge in [0.05, 0.1) is 6.67 Å². The van der Waals surface area contributed by atoms with Crippen molar-refractivity contribution in [2.24, 2.45) is 7.05 Å². The van der Waals surface area contributed by atoms with Gasteiger partial charge >= 0.3 is 5.69 Å². The molecule has 7 nitrogen and oxygen atoms in total. The van der Waals surface area contributed by atoms with Gasteiger partial charge in [-0.1, -0.05) is 30.3 Å². The molecule has 3 aromatic rings. The molecule has 176 valence electrons. The van der Waals surface area contributed by atoms with Crippen LogP contribution in [0.5, 0.6) is 0 Å². The number of nitrogens with zero attached hydrogens (tertiary/aromatic N) is 5.